The molecule has 1 saturated heterocycles. The van der Waals surface area contributed by atoms with Gasteiger partial charge in [0.25, 0.3) is 11.8 Å². The van der Waals surface area contributed by atoms with Gasteiger partial charge in [-0.3, -0.25) is 9.59 Å². The van der Waals surface area contributed by atoms with Gasteiger partial charge in [-0.25, -0.2) is 9.37 Å². The smallest absolute Gasteiger partial charge is 0.274 e. The summed E-state index contributed by atoms with van der Waals surface area (Å²) >= 11 is 7.55. The molecule has 1 aromatic heterocycles. The Morgan fingerprint density at radius 2 is 1.91 bits per heavy atom. The minimum absolute atomic E-state index is 0.114. The maximum absolute atomic E-state index is 13.8. The van der Waals surface area contributed by atoms with Crippen LogP contribution in [0.3, 0.4) is 0 Å². The molecule has 1 atom stereocenters. The number of likely N-dealkylation sites (tertiary alicyclic amines) is 1. The van der Waals surface area contributed by atoms with E-state index in [1.807, 2.05) is 4.90 Å². The highest BCUT2D eigenvalue weighted by Gasteiger charge is 2.34. The Bertz CT molecular complexity index is 1210. The highest BCUT2D eigenvalue weighted by atomic mass is 35.5. The molecule has 3 aromatic rings. The summed E-state index contributed by atoms with van der Waals surface area (Å²) in [4.78, 5) is 33.8. The molecule has 2 aliphatic rings. The van der Waals surface area contributed by atoms with Gasteiger partial charge in [-0.2, -0.15) is 0 Å². The molecule has 2 amide bonds. The predicted molar refractivity (Wildman–Crippen MR) is 132 cm³/mol. The summed E-state index contributed by atoms with van der Waals surface area (Å²) in [6, 6.07) is 12.9. The Kier molecular flexibility index (Phi) is 6.66. The Hall–Kier alpha value is -2.77. The number of carbonyl (C=O) groups is 2. The molecular formula is C26H25ClFN3O2S. The highest BCUT2D eigenvalue weighted by molar-refractivity contribution is 7.15. The fraction of sp³-hybridized carbons (Fsp3) is 0.346. The quantitative estimate of drug-likeness (QED) is 0.461. The van der Waals surface area contributed by atoms with Crippen LogP contribution in [-0.2, 0) is 0 Å². The van der Waals surface area contributed by atoms with Crippen molar-refractivity contribution in [2.75, 3.05) is 13.1 Å². The largest absolute Gasteiger partial charge is 0.350 e. The molecule has 5 nitrogen and oxygen atoms in total. The van der Waals surface area contributed by atoms with E-state index in [1.165, 1.54) is 23.5 Å². The van der Waals surface area contributed by atoms with Gasteiger partial charge in [-0.1, -0.05) is 29.8 Å². The second-order valence-electron chi connectivity index (χ2n) is 8.88. The van der Waals surface area contributed by atoms with Gasteiger partial charge in [0.05, 0.1) is 9.88 Å². The number of thiazole rings is 1. The third kappa shape index (κ3) is 5.00. The van der Waals surface area contributed by atoms with E-state index in [1.54, 1.807) is 36.4 Å². The van der Waals surface area contributed by atoms with Gasteiger partial charge in [0, 0.05) is 35.6 Å². The average molecular weight is 498 g/mol. The lowest BCUT2D eigenvalue weighted by molar-refractivity contribution is 0.0598. The Balaban J connectivity index is 1.37. The number of piperidine rings is 1. The summed E-state index contributed by atoms with van der Waals surface area (Å²) in [6.45, 7) is 0.984. The van der Waals surface area contributed by atoms with Crippen molar-refractivity contribution < 1.29 is 14.0 Å². The number of nitrogens with zero attached hydrogens (tertiary/aromatic N) is 2. The van der Waals surface area contributed by atoms with Crippen LogP contribution in [0.15, 0.2) is 48.5 Å². The number of carbonyl (C=O) groups excluding carboxylic acids is 2. The summed E-state index contributed by atoms with van der Waals surface area (Å²) in [7, 11) is 0. The van der Waals surface area contributed by atoms with Crippen molar-refractivity contribution in [1.29, 1.82) is 0 Å². The molecule has 0 spiro atoms. The lowest BCUT2D eigenvalue weighted by Gasteiger charge is -2.35. The Morgan fingerprint density at radius 1 is 1.12 bits per heavy atom. The summed E-state index contributed by atoms with van der Waals surface area (Å²) < 4.78 is 13.5. The first-order chi connectivity index (χ1) is 16.5. The lowest BCUT2D eigenvalue weighted by atomic mass is 10.0. The van der Waals surface area contributed by atoms with Crippen molar-refractivity contribution in [3.8, 4) is 10.4 Å². The van der Waals surface area contributed by atoms with Gasteiger partial charge in [-0.05, 0) is 68.0 Å². The molecule has 176 valence electrons. The van der Waals surface area contributed by atoms with Gasteiger partial charge >= 0.3 is 0 Å². The van der Waals surface area contributed by atoms with Gasteiger partial charge in [0.15, 0.2) is 0 Å². The molecule has 2 fully saturated rings. The fourth-order valence-corrected chi connectivity index (χ4v) is 5.76. The summed E-state index contributed by atoms with van der Waals surface area (Å²) in [5, 5.41) is 4.45. The predicted octanol–water partition coefficient (Wildman–Crippen LogP) is 5.90. The number of rotatable bonds is 6. The normalized spacial score (nSPS) is 18.1. The van der Waals surface area contributed by atoms with E-state index in [-0.39, 0.29) is 23.7 Å². The van der Waals surface area contributed by atoms with Crippen molar-refractivity contribution in [2.24, 2.45) is 0 Å². The van der Waals surface area contributed by atoms with E-state index < -0.39 is 0 Å². The number of hydrogen-bond acceptors (Lipinski definition) is 4. The molecule has 1 N–H and O–H groups in total. The van der Waals surface area contributed by atoms with Gasteiger partial charge in [0.1, 0.15) is 11.5 Å². The molecular weight excluding hydrogens is 473 g/mol. The van der Waals surface area contributed by atoms with E-state index in [4.69, 9.17) is 16.6 Å². The minimum Gasteiger partial charge on any atom is -0.350 e. The van der Waals surface area contributed by atoms with Crippen LogP contribution in [0.5, 0.6) is 0 Å². The molecule has 1 unspecified atom stereocenters. The minimum atomic E-state index is -0.310. The number of amides is 2. The van der Waals surface area contributed by atoms with E-state index in [0.29, 0.717) is 35.3 Å². The number of benzene rings is 2. The van der Waals surface area contributed by atoms with Crippen molar-refractivity contribution in [1.82, 2.24) is 15.2 Å². The number of hydrogen-bond donors (Lipinski definition) is 1. The van der Waals surface area contributed by atoms with Gasteiger partial charge in [0.2, 0.25) is 0 Å². The molecule has 0 bridgehead atoms. The van der Waals surface area contributed by atoms with E-state index in [2.05, 4.69) is 5.32 Å². The molecule has 1 aliphatic heterocycles. The van der Waals surface area contributed by atoms with E-state index >= 15 is 0 Å². The summed E-state index contributed by atoms with van der Waals surface area (Å²) in [5.74, 6) is -0.226. The first-order valence-corrected chi connectivity index (χ1v) is 12.8. The van der Waals surface area contributed by atoms with Crippen molar-refractivity contribution >= 4 is 34.8 Å². The van der Waals surface area contributed by atoms with E-state index in [9.17, 15) is 14.0 Å². The summed E-state index contributed by atoms with van der Waals surface area (Å²) in [5.41, 5.74) is 1.73. The zero-order valence-electron chi connectivity index (χ0n) is 18.6. The number of nitrogens with one attached hydrogen (secondary N) is 1. The SMILES string of the molecule is O=C(NCC1CCCCN1C(=O)c1nc(C2CC2)sc1-c1ccc(F)cc1)c1cccc(Cl)c1. The Labute approximate surface area is 207 Å². The zero-order valence-corrected chi connectivity index (χ0v) is 20.2. The van der Waals surface area contributed by atoms with Crippen LogP contribution >= 0.6 is 22.9 Å². The molecule has 2 heterocycles. The van der Waals surface area contributed by atoms with Gasteiger partial charge in [-0.15, -0.1) is 11.3 Å². The van der Waals surface area contributed by atoms with Crippen molar-refractivity contribution in [3.05, 3.63) is 75.6 Å². The highest BCUT2D eigenvalue weighted by Crippen LogP contribution is 2.45. The molecule has 34 heavy (non-hydrogen) atoms. The average Bonchev–Trinajstić information content (AvgIpc) is 3.61. The van der Waals surface area contributed by atoms with Crippen LogP contribution in [0.4, 0.5) is 4.39 Å². The Morgan fingerprint density at radius 3 is 2.65 bits per heavy atom. The summed E-state index contributed by atoms with van der Waals surface area (Å²) in [6.07, 6.45) is 4.90. The zero-order chi connectivity index (χ0) is 23.7. The molecule has 0 radical (unpaired) electrons. The second kappa shape index (κ2) is 9.84. The molecule has 1 aliphatic carbocycles. The fourth-order valence-electron chi connectivity index (χ4n) is 4.34. The first kappa shape index (κ1) is 23.0. The third-order valence-corrected chi connectivity index (χ3v) is 7.85. The van der Waals surface area contributed by atoms with Crippen LogP contribution < -0.4 is 5.32 Å². The third-order valence-electron chi connectivity index (χ3n) is 6.35. The maximum Gasteiger partial charge on any atom is 0.274 e. The van der Waals surface area contributed by atoms with Crippen LogP contribution in [0.1, 0.15) is 63.9 Å². The molecule has 2 aromatic carbocycles. The maximum atomic E-state index is 13.8. The monoisotopic (exact) mass is 497 g/mol. The number of aromatic nitrogens is 1. The molecule has 8 heteroatoms. The topological polar surface area (TPSA) is 62.3 Å². The standard InChI is InChI=1S/C26H25ClFN3O2S/c27-19-5-3-4-18(14-19)24(32)29-15-21-6-1-2-13-31(21)26(33)22-23(16-9-11-20(28)12-10-16)34-25(30-22)17-7-8-17/h3-5,9-12,14,17,21H,1-2,6-8,13,15H2,(H,29,32). The van der Waals surface area contributed by atoms with Crippen LogP contribution in [0, 0.1) is 5.82 Å². The molecule has 5 rings (SSSR count). The van der Waals surface area contributed by atoms with Crippen LogP contribution in [-0.4, -0.2) is 40.8 Å². The van der Waals surface area contributed by atoms with E-state index in [0.717, 1.165) is 47.6 Å². The lowest BCUT2D eigenvalue weighted by Crippen LogP contribution is -2.49. The van der Waals surface area contributed by atoms with Crippen molar-refractivity contribution in [2.45, 2.75) is 44.1 Å². The first-order valence-electron chi connectivity index (χ1n) is 11.6. The van der Waals surface area contributed by atoms with Gasteiger partial charge < -0.3 is 10.2 Å². The van der Waals surface area contributed by atoms with Crippen molar-refractivity contribution in [3.63, 3.8) is 0 Å². The second-order valence-corrected chi connectivity index (χ2v) is 10.3. The number of halogens is 2. The van der Waals surface area contributed by atoms with Crippen LogP contribution in [0.25, 0.3) is 10.4 Å². The van der Waals surface area contributed by atoms with Crippen LogP contribution in [0.2, 0.25) is 5.02 Å². The molecule has 1 saturated carbocycles.